The highest BCUT2D eigenvalue weighted by molar-refractivity contribution is 7.09. The van der Waals surface area contributed by atoms with Crippen molar-refractivity contribution in [3.05, 3.63) is 49.9 Å². The summed E-state index contributed by atoms with van der Waals surface area (Å²) in [6.45, 7) is 2.39. The van der Waals surface area contributed by atoms with E-state index >= 15 is 0 Å². The lowest BCUT2D eigenvalue weighted by Gasteiger charge is -2.06. The van der Waals surface area contributed by atoms with E-state index in [9.17, 15) is 4.79 Å². The number of thiazole rings is 1. The highest BCUT2D eigenvalue weighted by Crippen LogP contribution is 2.21. The highest BCUT2D eigenvalue weighted by Gasteiger charge is 2.11. The average Bonchev–Trinajstić information content (AvgIpc) is 2.78. The molecule has 0 aliphatic rings. The standard InChI is InChI=1S/C13H12Cl2N2OS/c1-8-12(17-7-19-8)13(18)16-5-4-9-2-3-10(14)6-11(9)15/h2-3,6-7H,4-5H2,1H3,(H,16,18). The third kappa shape index (κ3) is 3.69. The van der Waals surface area contributed by atoms with Gasteiger partial charge in [0.2, 0.25) is 0 Å². The quantitative estimate of drug-likeness (QED) is 0.934. The van der Waals surface area contributed by atoms with Gasteiger partial charge >= 0.3 is 0 Å². The Labute approximate surface area is 125 Å². The van der Waals surface area contributed by atoms with Gasteiger partial charge < -0.3 is 5.32 Å². The number of hydrogen-bond acceptors (Lipinski definition) is 3. The number of benzene rings is 1. The topological polar surface area (TPSA) is 42.0 Å². The molecule has 1 heterocycles. The predicted octanol–water partition coefficient (Wildman–Crippen LogP) is 3.73. The number of carbonyl (C=O) groups excluding carboxylic acids is 1. The maximum atomic E-state index is 11.8. The molecule has 0 bridgehead atoms. The molecule has 2 rings (SSSR count). The lowest BCUT2D eigenvalue weighted by molar-refractivity contribution is 0.0949. The number of halogens is 2. The summed E-state index contributed by atoms with van der Waals surface area (Å²) >= 11 is 13.3. The summed E-state index contributed by atoms with van der Waals surface area (Å²) < 4.78 is 0. The first-order valence-corrected chi connectivity index (χ1v) is 7.33. The van der Waals surface area contributed by atoms with Crippen LogP contribution < -0.4 is 5.32 Å². The van der Waals surface area contributed by atoms with Gasteiger partial charge in [-0.2, -0.15) is 0 Å². The van der Waals surface area contributed by atoms with Crippen molar-refractivity contribution < 1.29 is 4.79 Å². The third-order valence-electron chi connectivity index (χ3n) is 2.65. The fourth-order valence-electron chi connectivity index (χ4n) is 1.64. The Morgan fingerprint density at radius 2 is 2.21 bits per heavy atom. The van der Waals surface area contributed by atoms with E-state index in [1.165, 1.54) is 11.3 Å². The molecule has 1 N–H and O–H groups in total. The van der Waals surface area contributed by atoms with Crippen molar-refractivity contribution in [3.8, 4) is 0 Å². The van der Waals surface area contributed by atoms with Gasteiger partial charge in [-0.15, -0.1) is 11.3 Å². The zero-order valence-corrected chi connectivity index (χ0v) is 12.6. The highest BCUT2D eigenvalue weighted by atomic mass is 35.5. The first kappa shape index (κ1) is 14.3. The summed E-state index contributed by atoms with van der Waals surface area (Å²) in [7, 11) is 0. The van der Waals surface area contributed by atoms with E-state index in [0.717, 1.165) is 10.4 Å². The fourth-order valence-corrected chi connectivity index (χ4v) is 2.72. The van der Waals surface area contributed by atoms with Gasteiger partial charge in [-0.05, 0) is 31.0 Å². The van der Waals surface area contributed by atoms with Crippen molar-refractivity contribution in [2.45, 2.75) is 13.3 Å². The zero-order chi connectivity index (χ0) is 13.8. The van der Waals surface area contributed by atoms with Crippen LogP contribution in [-0.4, -0.2) is 17.4 Å². The van der Waals surface area contributed by atoms with Gasteiger partial charge in [-0.1, -0.05) is 29.3 Å². The largest absolute Gasteiger partial charge is 0.350 e. The third-order valence-corrected chi connectivity index (χ3v) is 4.00. The molecule has 0 aliphatic carbocycles. The second-order valence-corrected chi connectivity index (χ2v) is 5.90. The van der Waals surface area contributed by atoms with Crippen LogP contribution in [-0.2, 0) is 6.42 Å². The fraction of sp³-hybridized carbons (Fsp3) is 0.231. The molecular weight excluding hydrogens is 303 g/mol. The van der Waals surface area contributed by atoms with E-state index in [1.54, 1.807) is 17.6 Å². The first-order chi connectivity index (χ1) is 9.08. The molecule has 3 nitrogen and oxygen atoms in total. The molecular formula is C13H12Cl2N2OS. The monoisotopic (exact) mass is 314 g/mol. The van der Waals surface area contributed by atoms with Crippen molar-refractivity contribution in [2.75, 3.05) is 6.54 Å². The van der Waals surface area contributed by atoms with Crippen LogP contribution in [0.5, 0.6) is 0 Å². The summed E-state index contributed by atoms with van der Waals surface area (Å²) in [6, 6.07) is 5.35. The maximum absolute atomic E-state index is 11.8. The smallest absolute Gasteiger partial charge is 0.271 e. The Morgan fingerprint density at radius 1 is 1.42 bits per heavy atom. The molecule has 0 saturated heterocycles. The Balaban J connectivity index is 1.90. The molecule has 0 atom stereocenters. The molecule has 19 heavy (non-hydrogen) atoms. The Hall–Kier alpha value is -1.10. The molecule has 2 aromatic rings. The summed E-state index contributed by atoms with van der Waals surface area (Å²) in [6.07, 6.45) is 0.658. The van der Waals surface area contributed by atoms with Crippen LogP contribution in [0.3, 0.4) is 0 Å². The van der Waals surface area contributed by atoms with Crippen LogP contribution in [0.25, 0.3) is 0 Å². The van der Waals surface area contributed by atoms with E-state index < -0.39 is 0 Å². The van der Waals surface area contributed by atoms with E-state index in [-0.39, 0.29) is 5.91 Å². The molecule has 1 aromatic heterocycles. The molecule has 0 spiro atoms. The molecule has 1 amide bonds. The Bertz CT molecular complexity index is 598. The van der Waals surface area contributed by atoms with Gasteiger partial charge in [0, 0.05) is 21.5 Å². The molecule has 0 unspecified atom stereocenters. The van der Waals surface area contributed by atoms with Crippen LogP contribution >= 0.6 is 34.5 Å². The van der Waals surface area contributed by atoms with Crippen LogP contribution in [0.4, 0.5) is 0 Å². The van der Waals surface area contributed by atoms with E-state index in [2.05, 4.69) is 10.3 Å². The van der Waals surface area contributed by atoms with Gasteiger partial charge in [0.25, 0.3) is 5.91 Å². The van der Waals surface area contributed by atoms with Gasteiger partial charge in [-0.25, -0.2) is 4.98 Å². The summed E-state index contributed by atoms with van der Waals surface area (Å²) in [5.74, 6) is -0.149. The second kappa shape index (κ2) is 6.37. The zero-order valence-electron chi connectivity index (χ0n) is 10.2. The molecule has 0 saturated carbocycles. The van der Waals surface area contributed by atoms with Crippen molar-refractivity contribution in [2.24, 2.45) is 0 Å². The summed E-state index contributed by atoms with van der Waals surface area (Å²) in [5.41, 5.74) is 3.12. The van der Waals surface area contributed by atoms with Gasteiger partial charge in [0.1, 0.15) is 5.69 Å². The van der Waals surface area contributed by atoms with Crippen LogP contribution in [0.15, 0.2) is 23.7 Å². The van der Waals surface area contributed by atoms with Gasteiger partial charge in [0.05, 0.1) is 5.51 Å². The molecule has 0 fully saturated rings. The van der Waals surface area contributed by atoms with Crippen molar-refractivity contribution in [3.63, 3.8) is 0 Å². The maximum Gasteiger partial charge on any atom is 0.271 e. The minimum atomic E-state index is -0.149. The van der Waals surface area contributed by atoms with Crippen LogP contribution in [0.2, 0.25) is 10.0 Å². The summed E-state index contributed by atoms with van der Waals surface area (Å²) in [5, 5.41) is 4.05. The number of nitrogens with one attached hydrogen (secondary N) is 1. The normalized spacial score (nSPS) is 10.5. The minimum absolute atomic E-state index is 0.149. The Kier molecular flexibility index (Phi) is 4.80. The first-order valence-electron chi connectivity index (χ1n) is 5.70. The predicted molar refractivity (Wildman–Crippen MR) is 79.4 cm³/mol. The van der Waals surface area contributed by atoms with Crippen molar-refractivity contribution in [1.29, 1.82) is 0 Å². The molecule has 100 valence electrons. The van der Waals surface area contributed by atoms with E-state index in [1.807, 2.05) is 13.0 Å². The number of nitrogens with zero attached hydrogens (tertiary/aromatic N) is 1. The number of hydrogen-bond donors (Lipinski definition) is 1. The SMILES string of the molecule is Cc1scnc1C(=O)NCCc1ccc(Cl)cc1Cl. The van der Waals surface area contributed by atoms with Crippen molar-refractivity contribution >= 4 is 40.4 Å². The number of aryl methyl sites for hydroxylation is 1. The van der Waals surface area contributed by atoms with Gasteiger partial charge in [-0.3, -0.25) is 4.79 Å². The average molecular weight is 315 g/mol. The lowest BCUT2D eigenvalue weighted by atomic mass is 10.1. The second-order valence-electron chi connectivity index (χ2n) is 4.00. The Morgan fingerprint density at radius 3 is 2.84 bits per heavy atom. The molecule has 0 aliphatic heterocycles. The van der Waals surface area contributed by atoms with Gasteiger partial charge in [0.15, 0.2) is 0 Å². The van der Waals surface area contributed by atoms with Crippen LogP contribution in [0, 0.1) is 6.92 Å². The summed E-state index contributed by atoms with van der Waals surface area (Å²) in [4.78, 5) is 16.8. The molecule has 1 aromatic carbocycles. The molecule has 6 heteroatoms. The minimum Gasteiger partial charge on any atom is -0.350 e. The van der Waals surface area contributed by atoms with Crippen LogP contribution in [0.1, 0.15) is 20.9 Å². The number of aromatic nitrogens is 1. The van der Waals surface area contributed by atoms with Crippen molar-refractivity contribution in [1.82, 2.24) is 10.3 Å². The number of carbonyl (C=O) groups is 1. The van der Waals surface area contributed by atoms with E-state index in [4.69, 9.17) is 23.2 Å². The lowest BCUT2D eigenvalue weighted by Crippen LogP contribution is -2.26. The number of rotatable bonds is 4. The number of amides is 1. The molecule has 0 radical (unpaired) electrons. The van der Waals surface area contributed by atoms with E-state index in [0.29, 0.717) is 28.7 Å².